The summed E-state index contributed by atoms with van der Waals surface area (Å²) in [7, 11) is 0. The van der Waals surface area contributed by atoms with E-state index in [0.29, 0.717) is 36.6 Å². The smallest absolute Gasteiger partial charge is 0.103 e. The van der Waals surface area contributed by atoms with Crippen LogP contribution in [0.2, 0.25) is 0 Å². The van der Waals surface area contributed by atoms with Crippen LogP contribution in [0.1, 0.15) is 52.9 Å². The number of rotatable bonds is 10. The molecule has 4 nitrogen and oxygen atoms in total. The first-order valence-corrected chi connectivity index (χ1v) is 8.63. The molecule has 1 fully saturated rings. The van der Waals surface area contributed by atoms with Crippen molar-refractivity contribution in [3.05, 3.63) is 0 Å². The Morgan fingerprint density at radius 2 is 1.76 bits per heavy atom. The van der Waals surface area contributed by atoms with E-state index >= 15 is 0 Å². The minimum atomic E-state index is -1.04. The van der Waals surface area contributed by atoms with E-state index in [4.69, 9.17) is 10.8 Å². The second-order valence-corrected chi connectivity index (χ2v) is 7.13. The van der Waals surface area contributed by atoms with Gasteiger partial charge >= 0.3 is 0 Å². The molecule has 0 aliphatic heterocycles. The highest BCUT2D eigenvalue weighted by Gasteiger charge is 2.38. The fraction of sp³-hybridized carbons (Fsp3) is 1.00. The Hall–Kier alpha value is -0.160. The standard InChI is InChI=1S/C17H35NO3/c1-4-12(8-15(20)16(21)10-19)14(9-18)17(11(2)3)13-6-5-7-13/h11-17,19-21H,4-10,18H2,1-3H3. The predicted molar refractivity (Wildman–Crippen MR) is 85.7 cm³/mol. The Bertz CT molecular complexity index is 281. The third-order valence-electron chi connectivity index (χ3n) is 5.54. The molecule has 0 saturated heterocycles. The van der Waals surface area contributed by atoms with E-state index in [1.54, 1.807) is 0 Å². The average molecular weight is 301 g/mol. The summed E-state index contributed by atoms with van der Waals surface area (Å²) >= 11 is 0. The van der Waals surface area contributed by atoms with Crippen LogP contribution in [-0.4, -0.2) is 40.7 Å². The van der Waals surface area contributed by atoms with Gasteiger partial charge in [0, 0.05) is 0 Å². The monoisotopic (exact) mass is 301 g/mol. The van der Waals surface area contributed by atoms with Crippen molar-refractivity contribution in [2.75, 3.05) is 13.2 Å². The maximum absolute atomic E-state index is 10.0. The zero-order valence-electron chi connectivity index (χ0n) is 13.9. The lowest BCUT2D eigenvalue weighted by atomic mass is 9.62. The summed E-state index contributed by atoms with van der Waals surface area (Å²) < 4.78 is 0. The summed E-state index contributed by atoms with van der Waals surface area (Å²) in [6.07, 6.45) is 3.51. The van der Waals surface area contributed by atoms with Crippen LogP contribution in [0.25, 0.3) is 0 Å². The van der Waals surface area contributed by atoms with E-state index in [-0.39, 0.29) is 6.61 Å². The molecule has 0 radical (unpaired) electrons. The van der Waals surface area contributed by atoms with Crippen LogP contribution in [-0.2, 0) is 0 Å². The van der Waals surface area contributed by atoms with Gasteiger partial charge in [0.2, 0.25) is 0 Å². The quantitative estimate of drug-likeness (QED) is 0.495. The average Bonchev–Trinajstić information content (AvgIpc) is 2.42. The molecule has 1 aliphatic carbocycles. The van der Waals surface area contributed by atoms with Crippen LogP contribution >= 0.6 is 0 Å². The van der Waals surface area contributed by atoms with Gasteiger partial charge in [-0.25, -0.2) is 0 Å². The molecule has 0 aromatic rings. The minimum absolute atomic E-state index is 0.305. The Morgan fingerprint density at radius 3 is 2.10 bits per heavy atom. The van der Waals surface area contributed by atoms with Gasteiger partial charge in [0.1, 0.15) is 6.10 Å². The molecule has 0 aromatic carbocycles. The van der Waals surface area contributed by atoms with Crippen molar-refractivity contribution in [3.8, 4) is 0 Å². The van der Waals surface area contributed by atoms with Crippen molar-refractivity contribution in [2.24, 2.45) is 35.3 Å². The summed E-state index contributed by atoms with van der Waals surface area (Å²) in [5.41, 5.74) is 6.10. The first kappa shape index (κ1) is 18.9. The molecule has 5 N–H and O–H groups in total. The summed E-state index contributed by atoms with van der Waals surface area (Å²) in [6, 6.07) is 0. The van der Waals surface area contributed by atoms with E-state index < -0.39 is 12.2 Å². The summed E-state index contributed by atoms with van der Waals surface area (Å²) in [5, 5.41) is 28.6. The Kier molecular flexibility index (Phi) is 8.17. The Balaban J connectivity index is 2.76. The van der Waals surface area contributed by atoms with Crippen molar-refractivity contribution in [3.63, 3.8) is 0 Å². The van der Waals surface area contributed by atoms with Gasteiger partial charge in [-0.15, -0.1) is 0 Å². The van der Waals surface area contributed by atoms with E-state index in [0.717, 1.165) is 12.3 Å². The first-order valence-electron chi connectivity index (χ1n) is 8.63. The highest BCUT2D eigenvalue weighted by molar-refractivity contribution is 4.89. The zero-order chi connectivity index (χ0) is 16.0. The van der Waals surface area contributed by atoms with E-state index in [1.165, 1.54) is 19.3 Å². The van der Waals surface area contributed by atoms with Gasteiger partial charge in [0.25, 0.3) is 0 Å². The molecular weight excluding hydrogens is 266 g/mol. The molecule has 126 valence electrons. The molecule has 1 aliphatic rings. The van der Waals surface area contributed by atoms with Gasteiger partial charge < -0.3 is 21.1 Å². The van der Waals surface area contributed by atoms with Gasteiger partial charge in [-0.2, -0.15) is 0 Å². The van der Waals surface area contributed by atoms with Crippen LogP contribution in [0.3, 0.4) is 0 Å². The Labute approximate surface area is 129 Å². The largest absolute Gasteiger partial charge is 0.394 e. The number of aliphatic hydroxyl groups is 3. The second kappa shape index (κ2) is 9.09. The number of nitrogens with two attached hydrogens (primary N) is 1. The molecule has 21 heavy (non-hydrogen) atoms. The van der Waals surface area contributed by atoms with Crippen molar-refractivity contribution in [2.45, 2.75) is 65.1 Å². The normalized spacial score (nSPS) is 23.4. The van der Waals surface area contributed by atoms with Crippen LogP contribution in [0.15, 0.2) is 0 Å². The topological polar surface area (TPSA) is 86.7 Å². The molecule has 0 bridgehead atoms. The second-order valence-electron chi connectivity index (χ2n) is 7.13. The van der Waals surface area contributed by atoms with Gasteiger partial charge in [0.05, 0.1) is 12.7 Å². The SMILES string of the molecule is CCC(CC(O)C(O)CO)C(CN)C(C(C)C)C1CCC1. The molecule has 1 saturated carbocycles. The lowest BCUT2D eigenvalue weighted by Crippen LogP contribution is -2.42. The molecule has 0 amide bonds. The van der Waals surface area contributed by atoms with Crippen LogP contribution in [0, 0.1) is 29.6 Å². The predicted octanol–water partition coefficient (Wildman–Crippen LogP) is 1.76. The minimum Gasteiger partial charge on any atom is -0.394 e. The summed E-state index contributed by atoms with van der Waals surface area (Å²) in [6.45, 7) is 6.93. The summed E-state index contributed by atoms with van der Waals surface area (Å²) in [5.74, 6) is 2.66. The van der Waals surface area contributed by atoms with Crippen LogP contribution in [0.4, 0.5) is 0 Å². The van der Waals surface area contributed by atoms with E-state index in [1.807, 2.05) is 0 Å². The third-order valence-corrected chi connectivity index (χ3v) is 5.54. The van der Waals surface area contributed by atoms with Crippen LogP contribution < -0.4 is 5.73 Å². The van der Waals surface area contributed by atoms with Crippen LogP contribution in [0.5, 0.6) is 0 Å². The molecule has 0 heterocycles. The molecule has 0 spiro atoms. The van der Waals surface area contributed by atoms with Gasteiger partial charge in [0.15, 0.2) is 0 Å². The van der Waals surface area contributed by atoms with E-state index in [2.05, 4.69) is 20.8 Å². The molecule has 5 atom stereocenters. The number of hydrogen-bond donors (Lipinski definition) is 4. The highest BCUT2D eigenvalue weighted by Crippen LogP contribution is 2.44. The van der Waals surface area contributed by atoms with Crippen molar-refractivity contribution in [1.82, 2.24) is 0 Å². The zero-order valence-corrected chi connectivity index (χ0v) is 13.9. The lowest BCUT2D eigenvalue weighted by Gasteiger charge is -2.44. The fourth-order valence-corrected chi connectivity index (χ4v) is 4.11. The van der Waals surface area contributed by atoms with Crippen molar-refractivity contribution in [1.29, 1.82) is 0 Å². The number of hydrogen-bond acceptors (Lipinski definition) is 4. The lowest BCUT2D eigenvalue weighted by molar-refractivity contribution is -0.0366. The molecule has 0 aromatic heterocycles. The Morgan fingerprint density at radius 1 is 1.14 bits per heavy atom. The van der Waals surface area contributed by atoms with Gasteiger partial charge in [-0.05, 0) is 42.6 Å². The molecule has 5 unspecified atom stereocenters. The number of aliphatic hydroxyl groups excluding tert-OH is 3. The summed E-state index contributed by atoms with van der Waals surface area (Å²) in [4.78, 5) is 0. The van der Waals surface area contributed by atoms with Gasteiger partial charge in [-0.1, -0.05) is 46.5 Å². The maximum atomic E-state index is 10.0. The first-order chi connectivity index (χ1) is 9.96. The van der Waals surface area contributed by atoms with E-state index in [9.17, 15) is 10.2 Å². The maximum Gasteiger partial charge on any atom is 0.103 e. The van der Waals surface area contributed by atoms with Crippen molar-refractivity contribution < 1.29 is 15.3 Å². The highest BCUT2D eigenvalue weighted by atomic mass is 16.4. The molecule has 4 heteroatoms. The molecule has 1 rings (SSSR count). The fourth-order valence-electron chi connectivity index (χ4n) is 4.11. The van der Waals surface area contributed by atoms with Crippen molar-refractivity contribution >= 4 is 0 Å². The molecular formula is C17H35NO3. The third kappa shape index (κ3) is 4.92. The van der Waals surface area contributed by atoms with Gasteiger partial charge in [-0.3, -0.25) is 0 Å².